The number of hydrogen-bond donors (Lipinski definition) is 2. The van der Waals surface area contributed by atoms with Crippen LogP contribution in [0.25, 0.3) is 0 Å². The van der Waals surface area contributed by atoms with Crippen molar-refractivity contribution >= 4 is 34.9 Å². The van der Waals surface area contributed by atoms with Gasteiger partial charge in [0.2, 0.25) is 5.91 Å². The van der Waals surface area contributed by atoms with Crippen molar-refractivity contribution in [1.82, 2.24) is 5.32 Å². The van der Waals surface area contributed by atoms with E-state index in [1.165, 1.54) is 19.2 Å². The zero-order chi connectivity index (χ0) is 15.3. The molecule has 0 unspecified atom stereocenters. The van der Waals surface area contributed by atoms with Gasteiger partial charge in [0.25, 0.3) is 0 Å². The van der Waals surface area contributed by atoms with E-state index in [9.17, 15) is 9.59 Å². The lowest BCUT2D eigenvalue weighted by Gasteiger charge is -2.25. The summed E-state index contributed by atoms with van der Waals surface area (Å²) in [5.41, 5.74) is 6.74. The van der Waals surface area contributed by atoms with E-state index in [1.54, 1.807) is 11.9 Å². The van der Waals surface area contributed by atoms with Crippen molar-refractivity contribution in [1.29, 1.82) is 0 Å². The number of carbonyl (C=O) groups excluding carboxylic acids is 2. The summed E-state index contributed by atoms with van der Waals surface area (Å²) in [5.74, 6) is -0.736. The second-order valence-corrected chi connectivity index (χ2v) is 4.49. The Balaban J connectivity index is 3.32. The molecule has 0 atom stereocenters. The molecule has 0 aliphatic heterocycles. The molecule has 20 heavy (non-hydrogen) atoms. The number of ether oxygens (including phenoxy) is 1. The third-order valence-corrected chi connectivity index (χ3v) is 3.09. The van der Waals surface area contributed by atoms with Crippen LogP contribution >= 0.6 is 11.6 Å². The summed E-state index contributed by atoms with van der Waals surface area (Å²) in [6.07, 6.45) is 0. The number of carbonyl (C=O) groups is 2. The van der Waals surface area contributed by atoms with Crippen LogP contribution in [-0.4, -0.2) is 39.1 Å². The Hall–Kier alpha value is -1.95. The van der Waals surface area contributed by atoms with Crippen molar-refractivity contribution in [2.24, 2.45) is 0 Å². The zero-order valence-corrected chi connectivity index (χ0v) is 12.5. The predicted molar refractivity (Wildman–Crippen MR) is 79.2 cm³/mol. The van der Waals surface area contributed by atoms with Crippen LogP contribution in [0.4, 0.5) is 11.4 Å². The molecule has 0 radical (unpaired) electrons. The number of esters is 1. The summed E-state index contributed by atoms with van der Waals surface area (Å²) in [4.78, 5) is 25.1. The Morgan fingerprint density at radius 1 is 1.45 bits per heavy atom. The predicted octanol–water partition coefficient (Wildman–Crippen LogP) is 1.28. The number of nitrogens with one attached hydrogen (secondary N) is 1. The number of benzene rings is 1. The van der Waals surface area contributed by atoms with E-state index < -0.39 is 5.97 Å². The minimum absolute atomic E-state index is 0.0840. The summed E-state index contributed by atoms with van der Waals surface area (Å²) < 4.78 is 4.73. The van der Waals surface area contributed by atoms with Crippen LogP contribution in [0.3, 0.4) is 0 Å². The van der Waals surface area contributed by atoms with E-state index in [0.29, 0.717) is 22.9 Å². The van der Waals surface area contributed by atoms with E-state index in [4.69, 9.17) is 22.1 Å². The molecule has 0 spiro atoms. The van der Waals surface area contributed by atoms with Gasteiger partial charge in [-0.15, -0.1) is 0 Å². The maximum Gasteiger partial charge on any atom is 0.340 e. The number of nitrogens with two attached hydrogens (primary N) is 1. The second kappa shape index (κ2) is 7.00. The maximum absolute atomic E-state index is 11.9. The van der Waals surface area contributed by atoms with Crippen molar-refractivity contribution < 1.29 is 14.3 Å². The van der Waals surface area contributed by atoms with Gasteiger partial charge < -0.3 is 20.7 Å². The number of nitrogens with zero attached hydrogens (tertiary/aromatic N) is 1. The summed E-state index contributed by atoms with van der Waals surface area (Å²) in [6.45, 7) is 2.44. The van der Waals surface area contributed by atoms with Crippen molar-refractivity contribution in [3.05, 3.63) is 22.7 Å². The third-order valence-electron chi connectivity index (χ3n) is 2.80. The first-order valence-corrected chi connectivity index (χ1v) is 6.45. The minimum Gasteiger partial charge on any atom is -0.465 e. The first-order chi connectivity index (χ1) is 9.44. The second-order valence-electron chi connectivity index (χ2n) is 4.08. The molecule has 1 aromatic rings. The van der Waals surface area contributed by atoms with Gasteiger partial charge in [0, 0.05) is 19.3 Å². The molecule has 0 aliphatic carbocycles. The molecule has 1 rings (SSSR count). The topological polar surface area (TPSA) is 84.7 Å². The highest BCUT2D eigenvalue weighted by Gasteiger charge is 2.21. The molecule has 110 valence electrons. The molecule has 0 bridgehead atoms. The van der Waals surface area contributed by atoms with E-state index >= 15 is 0 Å². The van der Waals surface area contributed by atoms with Gasteiger partial charge >= 0.3 is 5.97 Å². The first-order valence-electron chi connectivity index (χ1n) is 6.07. The number of likely N-dealkylation sites (N-methyl/N-ethyl adjacent to an activating group) is 2. The number of hydrogen-bond acceptors (Lipinski definition) is 5. The molecule has 0 aromatic heterocycles. The fraction of sp³-hybridized carbons (Fsp3) is 0.385. The number of rotatable bonds is 5. The fourth-order valence-corrected chi connectivity index (χ4v) is 2.16. The molecule has 0 saturated carbocycles. The van der Waals surface area contributed by atoms with Gasteiger partial charge in [-0.3, -0.25) is 4.79 Å². The van der Waals surface area contributed by atoms with Crippen LogP contribution in [0.2, 0.25) is 5.02 Å². The quantitative estimate of drug-likeness (QED) is 0.632. The molecule has 1 amide bonds. The molecule has 3 N–H and O–H groups in total. The first kappa shape index (κ1) is 16.1. The Morgan fingerprint density at radius 3 is 2.60 bits per heavy atom. The molecular weight excluding hydrogens is 282 g/mol. The SMILES string of the molecule is CCN(CC(=O)NC)c1c(Cl)cc(N)cc1C(=O)OC. The van der Waals surface area contributed by atoms with E-state index in [2.05, 4.69) is 5.32 Å². The maximum atomic E-state index is 11.9. The Labute approximate surface area is 122 Å². The van der Waals surface area contributed by atoms with Crippen LogP contribution in [-0.2, 0) is 9.53 Å². The van der Waals surface area contributed by atoms with Gasteiger partial charge in [-0.1, -0.05) is 11.6 Å². The molecule has 0 saturated heterocycles. The van der Waals surface area contributed by atoms with Gasteiger partial charge in [-0.2, -0.15) is 0 Å². The van der Waals surface area contributed by atoms with Gasteiger partial charge in [0.15, 0.2) is 0 Å². The lowest BCUT2D eigenvalue weighted by molar-refractivity contribution is -0.119. The summed E-state index contributed by atoms with van der Waals surface area (Å²) in [5, 5.41) is 2.83. The standard InChI is InChI=1S/C13H18ClN3O3/c1-4-17(7-11(18)16-2)12-9(13(19)20-3)5-8(15)6-10(12)14/h5-6H,4,7,15H2,1-3H3,(H,16,18). The van der Waals surface area contributed by atoms with E-state index in [1.807, 2.05) is 6.92 Å². The molecule has 7 heteroatoms. The minimum atomic E-state index is -0.551. The largest absolute Gasteiger partial charge is 0.465 e. The average Bonchev–Trinajstić information content (AvgIpc) is 2.43. The summed E-state index contributed by atoms with van der Waals surface area (Å²) in [6, 6.07) is 3.02. The monoisotopic (exact) mass is 299 g/mol. The highest BCUT2D eigenvalue weighted by Crippen LogP contribution is 2.33. The fourth-order valence-electron chi connectivity index (χ4n) is 1.81. The molecule has 1 aromatic carbocycles. The normalized spacial score (nSPS) is 10.0. The zero-order valence-electron chi connectivity index (χ0n) is 11.7. The third kappa shape index (κ3) is 3.54. The molecule has 6 nitrogen and oxygen atoms in total. The summed E-state index contributed by atoms with van der Waals surface area (Å²) in [7, 11) is 2.82. The molecular formula is C13H18ClN3O3. The van der Waals surface area contributed by atoms with Crippen molar-refractivity contribution in [2.45, 2.75) is 6.92 Å². The number of halogens is 1. The molecule has 0 aliphatic rings. The van der Waals surface area contributed by atoms with Gasteiger partial charge in [-0.05, 0) is 19.1 Å². The number of methoxy groups -OCH3 is 1. The van der Waals surface area contributed by atoms with Gasteiger partial charge in [-0.25, -0.2) is 4.79 Å². The van der Waals surface area contributed by atoms with E-state index in [0.717, 1.165) is 0 Å². The van der Waals surface area contributed by atoms with Crippen LogP contribution in [0, 0.1) is 0 Å². The Kier molecular flexibility index (Phi) is 5.64. The highest BCUT2D eigenvalue weighted by atomic mass is 35.5. The van der Waals surface area contributed by atoms with Gasteiger partial charge in [0.05, 0.1) is 29.9 Å². The Morgan fingerprint density at radius 2 is 2.10 bits per heavy atom. The molecule has 0 fully saturated rings. The highest BCUT2D eigenvalue weighted by molar-refractivity contribution is 6.34. The number of nitrogen functional groups attached to an aromatic ring is 1. The lowest BCUT2D eigenvalue weighted by Crippen LogP contribution is -2.36. The van der Waals surface area contributed by atoms with Gasteiger partial charge in [0.1, 0.15) is 0 Å². The van der Waals surface area contributed by atoms with Crippen LogP contribution in [0.5, 0.6) is 0 Å². The van der Waals surface area contributed by atoms with Crippen molar-refractivity contribution in [3.8, 4) is 0 Å². The van der Waals surface area contributed by atoms with Crippen molar-refractivity contribution in [3.63, 3.8) is 0 Å². The number of anilines is 2. The van der Waals surface area contributed by atoms with Crippen molar-refractivity contribution in [2.75, 3.05) is 37.9 Å². The smallest absolute Gasteiger partial charge is 0.340 e. The lowest BCUT2D eigenvalue weighted by atomic mass is 10.1. The summed E-state index contributed by atoms with van der Waals surface area (Å²) >= 11 is 6.17. The van der Waals surface area contributed by atoms with Crippen LogP contribution in [0.1, 0.15) is 17.3 Å². The van der Waals surface area contributed by atoms with Crippen LogP contribution < -0.4 is 16.0 Å². The Bertz CT molecular complexity index is 520. The van der Waals surface area contributed by atoms with Crippen LogP contribution in [0.15, 0.2) is 12.1 Å². The average molecular weight is 300 g/mol. The number of amides is 1. The molecule has 0 heterocycles. The van der Waals surface area contributed by atoms with E-state index in [-0.39, 0.29) is 18.0 Å².